The average Bonchev–Trinajstić information content (AvgIpc) is 3.73. The first-order chi connectivity index (χ1) is 34.4. The van der Waals surface area contributed by atoms with Crippen LogP contribution in [0.1, 0.15) is 128 Å². The third kappa shape index (κ3) is 6.23. The highest BCUT2D eigenvalue weighted by molar-refractivity contribution is 7.00. The Morgan fingerprint density at radius 3 is 1.81 bits per heavy atom. The quantitative estimate of drug-likeness (QED) is 0.163. The van der Waals surface area contributed by atoms with Crippen LogP contribution < -0.4 is 31.1 Å². The van der Waals surface area contributed by atoms with Crippen LogP contribution in [0.25, 0.3) is 22.3 Å². The van der Waals surface area contributed by atoms with Gasteiger partial charge < -0.3 is 14.7 Å². The average molecular weight is 938 g/mol. The second kappa shape index (κ2) is 15.4. The molecule has 8 aromatic carbocycles. The molecule has 5 aliphatic rings. The fourth-order valence-electron chi connectivity index (χ4n) is 14.3. The van der Waals surface area contributed by atoms with Crippen molar-refractivity contribution in [3.8, 4) is 22.3 Å². The van der Waals surface area contributed by atoms with Crippen LogP contribution in [0.4, 0.5) is 45.5 Å². The molecule has 0 spiro atoms. The van der Waals surface area contributed by atoms with E-state index in [0.717, 1.165) is 6.42 Å². The number of hydrogen-bond donors (Lipinski definition) is 0. The summed E-state index contributed by atoms with van der Waals surface area (Å²) in [5.74, 6) is 0. The molecule has 3 nitrogen and oxygen atoms in total. The Morgan fingerprint density at radius 2 is 1.07 bits per heavy atom. The molecule has 3 heterocycles. The molecule has 2 aliphatic carbocycles. The van der Waals surface area contributed by atoms with E-state index in [9.17, 15) is 0 Å². The molecule has 0 bridgehead atoms. The molecule has 1 saturated carbocycles. The van der Waals surface area contributed by atoms with Crippen LogP contribution in [-0.4, -0.2) is 12.3 Å². The number of benzene rings is 8. The molecule has 4 heteroatoms. The van der Waals surface area contributed by atoms with Gasteiger partial charge in [0.15, 0.2) is 0 Å². The van der Waals surface area contributed by atoms with Crippen LogP contribution in [0.2, 0.25) is 0 Å². The topological polar surface area (TPSA) is 9.72 Å². The van der Waals surface area contributed by atoms with Gasteiger partial charge in [-0.15, -0.1) is 0 Å². The van der Waals surface area contributed by atoms with E-state index < -0.39 is 0 Å². The second-order valence-corrected chi connectivity index (χ2v) is 25.0. The van der Waals surface area contributed by atoms with Crippen LogP contribution in [0.5, 0.6) is 0 Å². The predicted molar refractivity (Wildman–Crippen MR) is 308 cm³/mol. The van der Waals surface area contributed by atoms with Crippen molar-refractivity contribution in [3.63, 3.8) is 0 Å². The van der Waals surface area contributed by atoms with E-state index in [2.05, 4.69) is 255 Å². The zero-order valence-electron chi connectivity index (χ0n) is 44.3. The van der Waals surface area contributed by atoms with E-state index in [0.29, 0.717) is 0 Å². The zero-order valence-corrected chi connectivity index (χ0v) is 44.3. The van der Waals surface area contributed by atoms with Crippen molar-refractivity contribution in [2.75, 3.05) is 14.7 Å². The van der Waals surface area contributed by atoms with Crippen molar-refractivity contribution in [2.24, 2.45) is 0 Å². The first-order valence-corrected chi connectivity index (χ1v) is 26.8. The molecule has 0 aromatic heterocycles. The van der Waals surface area contributed by atoms with Gasteiger partial charge in [0.2, 0.25) is 0 Å². The highest BCUT2D eigenvalue weighted by Crippen LogP contribution is 2.62. The number of hydrogen-bond acceptors (Lipinski definition) is 3. The van der Waals surface area contributed by atoms with Crippen LogP contribution in [0.3, 0.4) is 0 Å². The van der Waals surface area contributed by atoms with Crippen molar-refractivity contribution < 1.29 is 0 Å². The van der Waals surface area contributed by atoms with Crippen molar-refractivity contribution in [1.82, 2.24) is 0 Å². The molecule has 1 fully saturated rings. The van der Waals surface area contributed by atoms with E-state index in [-0.39, 0.29) is 33.9 Å². The summed E-state index contributed by atoms with van der Waals surface area (Å²) < 4.78 is 0. The lowest BCUT2D eigenvalue weighted by Crippen LogP contribution is -2.61. The van der Waals surface area contributed by atoms with Crippen LogP contribution in [-0.2, 0) is 21.7 Å². The first-order valence-electron chi connectivity index (χ1n) is 26.8. The van der Waals surface area contributed by atoms with Gasteiger partial charge in [-0.25, -0.2) is 0 Å². The Balaban J connectivity index is 1.14. The number of aryl methyl sites for hydroxylation is 1. The van der Waals surface area contributed by atoms with Gasteiger partial charge in [0.05, 0.1) is 16.9 Å². The Labute approximate surface area is 429 Å². The predicted octanol–water partition coefficient (Wildman–Crippen LogP) is 16.4. The van der Waals surface area contributed by atoms with E-state index in [1.165, 1.54) is 137 Å². The highest BCUT2D eigenvalue weighted by atomic mass is 15.3. The standard InChI is InChI=1S/C68H68BN3/c1-43-38-60-63-61(39-43)71(58-29-21-27-52-62(58)48-24-15-16-25-50(48)66(52,8)9)57-35-31-46(65(5,6)7)41-54(57)69(63)53-33-32-47(72-56-28-18-17-26-51(56)67(10)36-19-20-37-68(67,72)11)42-59(53)70(60)55-34-30-45(64(2,3)4)40-49(55)44-22-13-12-14-23-44/h12-18,21-35,38-42H,19-20,36-37H2,1-11H3. The number of anilines is 8. The smallest absolute Gasteiger partial charge is 0.252 e. The van der Waals surface area contributed by atoms with Crippen LogP contribution in [0, 0.1) is 6.92 Å². The number of nitrogens with zero attached hydrogens (tertiary/aromatic N) is 3. The Morgan fingerprint density at radius 1 is 0.458 bits per heavy atom. The fourth-order valence-corrected chi connectivity index (χ4v) is 14.3. The molecule has 13 rings (SSSR count). The summed E-state index contributed by atoms with van der Waals surface area (Å²) in [4.78, 5) is 8.11. The molecule has 2 atom stereocenters. The zero-order chi connectivity index (χ0) is 49.9. The molecule has 0 amide bonds. The summed E-state index contributed by atoms with van der Waals surface area (Å²) in [7, 11) is 0. The summed E-state index contributed by atoms with van der Waals surface area (Å²) in [6, 6.07) is 64.0. The molecule has 358 valence electrons. The number of rotatable bonds is 4. The van der Waals surface area contributed by atoms with E-state index >= 15 is 0 Å². The van der Waals surface area contributed by atoms with Gasteiger partial charge in [0.25, 0.3) is 6.71 Å². The van der Waals surface area contributed by atoms with Gasteiger partial charge in [-0.05, 0) is 153 Å². The minimum atomic E-state index is -0.131. The first kappa shape index (κ1) is 45.1. The van der Waals surface area contributed by atoms with Crippen molar-refractivity contribution in [2.45, 2.75) is 129 Å². The Bertz CT molecular complexity index is 3550. The lowest BCUT2D eigenvalue weighted by Gasteiger charge is -2.50. The second-order valence-electron chi connectivity index (χ2n) is 25.0. The molecular weight excluding hydrogens is 870 g/mol. The van der Waals surface area contributed by atoms with Gasteiger partial charge in [-0.3, -0.25) is 0 Å². The van der Waals surface area contributed by atoms with E-state index in [4.69, 9.17) is 0 Å². The van der Waals surface area contributed by atoms with Crippen molar-refractivity contribution >= 4 is 68.6 Å². The summed E-state index contributed by atoms with van der Waals surface area (Å²) in [6.45, 7) is 26.3. The molecule has 0 radical (unpaired) electrons. The summed E-state index contributed by atoms with van der Waals surface area (Å²) in [6.07, 6.45) is 4.86. The Hall–Kier alpha value is -6.78. The maximum atomic E-state index is 2.77. The van der Waals surface area contributed by atoms with Gasteiger partial charge >= 0.3 is 0 Å². The molecule has 0 N–H and O–H groups in total. The summed E-state index contributed by atoms with van der Waals surface area (Å²) in [5.41, 5.74) is 27.2. The molecule has 8 aromatic rings. The number of fused-ring (bicyclic) bond motifs is 10. The van der Waals surface area contributed by atoms with Gasteiger partial charge in [-0.2, -0.15) is 0 Å². The van der Waals surface area contributed by atoms with Gasteiger partial charge in [0, 0.05) is 56.1 Å². The van der Waals surface area contributed by atoms with Gasteiger partial charge in [0.1, 0.15) is 0 Å². The molecule has 2 unspecified atom stereocenters. The molecule has 72 heavy (non-hydrogen) atoms. The lowest BCUT2D eigenvalue weighted by atomic mass is 9.33. The third-order valence-electron chi connectivity index (χ3n) is 18.3. The maximum Gasteiger partial charge on any atom is 0.252 e. The maximum absolute atomic E-state index is 2.77. The number of para-hydroxylation sites is 1. The highest BCUT2D eigenvalue weighted by Gasteiger charge is 2.58. The summed E-state index contributed by atoms with van der Waals surface area (Å²) >= 11 is 0. The lowest BCUT2D eigenvalue weighted by molar-refractivity contribution is 0.195. The van der Waals surface area contributed by atoms with Crippen LogP contribution in [0.15, 0.2) is 164 Å². The van der Waals surface area contributed by atoms with Crippen molar-refractivity contribution in [3.05, 3.63) is 197 Å². The molecule has 0 saturated heterocycles. The SMILES string of the molecule is Cc1cc2c3c(c1)N(c1cccc4c1-c1ccccc1C4(C)C)c1ccc(C(C)(C)C)cc1B3c1ccc(N3c4ccccc4C4(C)CCCCC34C)cc1N2c1ccc(C(C)(C)C)cc1-c1ccccc1. The van der Waals surface area contributed by atoms with Crippen LogP contribution >= 0.6 is 0 Å². The van der Waals surface area contributed by atoms with E-state index in [1.54, 1.807) is 0 Å². The Kier molecular flexibility index (Phi) is 9.63. The molecular formula is C68H68BN3. The summed E-state index contributed by atoms with van der Waals surface area (Å²) in [5, 5.41) is 0. The minimum Gasteiger partial charge on any atom is -0.334 e. The normalized spacial score (nSPS) is 20.0. The third-order valence-corrected chi connectivity index (χ3v) is 18.3. The fraction of sp³-hybridized carbons (Fsp3) is 0.294. The van der Waals surface area contributed by atoms with E-state index in [1.807, 2.05) is 0 Å². The molecule has 3 aliphatic heterocycles. The minimum absolute atomic E-state index is 0.0136. The van der Waals surface area contributed by atoms with Crippen molar-refractivity contribution in [1.29, 1.82) is 0 Å². The monoisotopic (exact) mass is 938 g/mol. The van der Waals surface area contributed by atoms with Gasteiger partial charge in [-0.1, -0.05) is 184 Å². The largest absolute Gasteiger partial charge is 0.334 e.